The minimum atomic E-state index is -0.111. The Hall–Kier alpha value is -2.57. The number of carbonyl (C=O) groups is 1. The Morgan fingerprint density at radius 2 is 2.37 bits per heavy atom. The van der Waals surface area contributed by atoms with Gasteiger partial charge in [0, 0.05) is 18.3 Å². The van der Waals surface area contributed by atoms with Gasteiger partial charge in [0.1, 0.15) is 5.75 Å². The third-order valence-corrected chi connectivity index (χ3v) is 2.55. The van der Waals surface area contributed by atoms with E-state index >= 15 is 0 Å². The molecule has 0 saturated heterocycles. The summed E-state index contributed by atoms with van der Waals surface area (Å²) in [6.07, 6.45) is 3.59. The van der Waals surface area contributed by atoms with Gasteiger partial charge in [-0.2, -0.15) is 0 Å². The summed E-state index contributed by atoms with van der Waals surface area (Å²) in [5, 5.41) is 10.2. The second-order valence-electron chi connectivity index (χ2n) is 3.92. The minimum absolute atomic E-state index is 0.111. The fraction of sp³-hybridized carbons (Fsp3) is 0.250. The number of carbonyl (C=O) groups excluding carboxylic acids is 1. The van der Waals surface area contributed by atoms with Crippen molar-refractivity contribution in [2.75, 3.05) is 18.2 Å². The lowest BCUT2D eigenvalue weighted by Gasteiger charge is -2.08. The molecule has 7 heteroatoms. The third kappa shape index (κ3) is 3.44. The molecule has 0 bridgehead atoms. The minimum Gasteiger partial charge on any atom is -0.495 e. The maximum Gasteiger partial charge on any atom is 0.226 e. The fourth-order valence-corrected chi connectivity index (χ4v) is 1.60. The van der Waals surface area contributed by atoms with Crippen LogP contribution in [0.25, 0.3) is 0 Å². The molecule has 19 heavy (non-hydrogen) atoms. The highest BCUT2D eigenvalue weighted by atomic mass is 16.5. The van der Waals surface area contributed by atoms with E-state index in [1.54, 1.807) is 42.4 Å². The van der Waals surface area contributed by atoms with Gasteiger partial charge in [-0.05, 0) is 18.2 Å². The van der Waals surface area contributed by atoms with E-state index in [1.807, 2.05) is 0 Å². The number of rotatable bonds is 5. The van der Waals surface area contributed by atoms with Crippen LogP contribution in [0.1, 0.15) is 6.42 Å². The van der Waals surface area contributed by atoms with Gasteiger partial charge in [0.05, 0.1) is 25.5 Å². The molecule has 0 aliphatic rings. The van der Waals surface area contributed by atoms with Crippen LogP contribution in [-0.2, 0) is 11.3 Å². The van der Waals surface area contributed by atoms with Crippen LogP contribution >= 0.6 is 0 Å². The molecule has 0 aliphatic heterocycles. The Balaban J connectivity index is 1.90. The topological polar surface area (TPSA) is 95.1 Å². The molecule has 7 nitrogen and oxygen atoms in total. The van der Waals surface area contributed by atoms with Crippen LogP contribution in [0.4, 0.5) is 11.4 Å². The fourth-order valence-electron chi connectivity index (χ4n) is 1.60. The van der Waals surface area contributed by atoms with E-state index in [0.717, 1.165) is 0 Å². The second kappa shape index (κ2) is 5.85. The molecule has 100 valence electrons. The molecule has 0 aliphatic carbocycles. The Morgan fingerprint density at radius 3 is 3.00 bits per heavy atom. The van der Waals surface area contributed by atoms with E-state index < -0.39 is 0 Å². The highest BCUT2D eigenvalue weighted by Crippen LogP contribution is 2.24. The van der Waals surface area contributed by atoms with E-state index in [4.69, 9.17) is 10.5 Å². The van der Waals surface area contributed by atoms with E-state index in [0.29, 0.717) is 30.1 Å². The number of nitrogens with one attached hydrogen (secondary N) is 1. The molecule has 1 aromatic carbocycles. The van der Waals surface area contributed by atoms with Crippen LogP contribution in [0.5, 0.6) is 5.75 Å². The lowest BCUT2D eigenvalue weighted by molar-refractivity contribution is -0.116. The van der Waals surface area contributed by atoms with Gasteiger partial charge in [-0.25, -0.2) is 0 Å². The summed E-state index contributed by atoms with van der Waals surface area (Å²) >= 11 is 0. The van der Waals surface area contributed by atoms with Gasteiger partial charge in [-0.15, -0.1) is 5.10 Å². The molecule has 0 radical (unpaired) electrons. The number of hydrogen-bond acceptors (Lipinski definition) is 5. The van der Waals surface area contributed by atoms with Gasteiger partial charge >= 0.3 is 0 Å². The van der Waals surface area contributed by atoms with Gasteiger partial charge in [0.15, 0.2) is 0 Å². The maximum absolute atomic E-state index is 11.7. The molecule has 0 saturated carbocycles. The Kier molecular flexibility index (Phi) is 3.97. The van der Waals surface area contributed by atoms with E-state index in [-0.39, 0.29) is 5.91 Å². The number of amides is 1. The van der Waals surface area contributed by atoms with Crippen molar-refractivity contribution in [1.29, 1.82) is 0 Å². The molecule has 0 unspecified atom stereocenters. The van der Waals surface area contributed by atoms with Crippen molar-refractivity contribution in [3.8, 4) is 5.75 Å². The first-order valence-corrected chi connectivity index (χ1v) is 5.76. The second-order valence-corrected chi connectivity index (χ2v) is 3.92. The van der Waals surface area contributed by atoms with E-state index in [1.165, 1.54) is 0 Å². The summed E-state index contributed by atoms with van der Waals surface area (Å²) in [4.78, 5) is 11.7. The van der Waals surface area contributed by atoms with Crippen molar-refractivity contribution in [2.24, 2.45) is 0 Å². The largest absolute Gasteiger partial charge is 0.495 e. The average molecular weight is 261 g/mol. The molecule has 1 heterocycles. The smallest absolute Gasteiger partial charge is 0.226 e. The standard InChI is InChI=1S/C12H15N5O2/c1-19-11-3-2-9(8-10(11)13)15-12(18)4-6-17-7-5-14-16-17/h2-3,5,7-8H,4,6,13H2,1H3,(H,15,18). The first-order chi connectivity index (χ1) is 9.19. The Bertz CT molecular complexity index is 553. The zero-order valence-electron chi connectivity index (χ0n) is 10.5. The molecule has 1 amide bonds. The first-order valence-electron chi connectivity index (χ1n) is 5.76. The van der Waals surface area contributed by atoms with Crippen LogP contribution in [0, 0.1) is 0 Å². The number of anilines is 2. The SMILES string of the molecule is COc1ccc(NC(=O)CCn2ccnn2)cc1N. The van der Waals surface area contributed by atoms with Crippen molar-refractivity contribution in [3.05, 3.63) is 30.6 Å². The van der Waals surface area contributed by atoms with Crippen molar-refractivity contribution in [3.63, 3.8) is 0 Å². The van der Waals surface area contributed by atoms with Crippen molar-refractivity contribution >= 4 is 17.3 Å². The number of aromatic nitrogens is 3. The maximum atomic E-state index is 11.7. The molecule has 3 N–H and O–H groups in total. The van der Waals surface area contributed by atoms with Crippen LogP contribution in [0.2, 0.25) is 0 Å². The van der Waals surface area contributed by atoms with Gasteiger partial charge in [0.2, 0.25) is 5.91 Å². The van der Waals surface area contributed by atoms with Gasteiger partial charge < -0.3 is 15.8 Å². The monoisotopic (exact) mass is 261 g/mol. The number of ether oxygens (including phenoxy) is 1. The summed E-state index contributed by atoms with van der Waals surface area (Å²) in [6, 6.07) is 5.11. The number of nitrogen functional groups attached to an aromatic ring is 1. The van der Waals surface area contributed by atoms with Crippen molar-refractivity contribution in [2.45, 2.75) is 13.0 Å². The summed E-state index contributed by atoms with van der Waals surface area (Å²) in [5.74, 6) is 0.473. The summed E-state index contributed by atoms with van der Waals surface area (Å²) in [6.45, 7) is 0.484. The molecule has 0 atom stereocenters. The highest BCUT2D eigenvalue weighted by Gasteiger charge is 2.05. The average Bonchev–Trinajstić information content (AvgIpc) is 2.90. The predicted octanol–water partition coefficient (Wildman–Crippen LogP) is 0.898. The lowest BCUT2D eigenvalue weighted by atomic mass is 10.2. The zero-order valence-corrected chi connectivity index (χ0v) is 10.5. The van der Waals surface area contributed by atoms with Crippen LogP contribution in [0.15, 0.2) is 30.6 Å². The quantitative estimate of drug-likeness (QED) is 0.780. The third-order valence-electron chi connectivity index (χ3n) is 2.55. The lowest BCUT2D eigenvalue weighted by Crippen LogP contribution is -2.15. The Labute approximate surface area is 110 Å². The van der Waals surface area contributed by atoms with Crippen LogP contribution < -0.4 is 15.8 Å². The molecule has 2 aromatic rings. The summed E-state index contributed by atoms with van der Waals surface area (Å²) < 4.78 is 6.64. The summed E-state index contributed by atoms with van der Waals surface area (Å²) in [7, 11) is 1.54. The molecule has 0 fully saturated rings. The molecule has 1 aromatic heterocycles. The normalized spacial score (nSPS) is 10.2. The molecular weight excluding hydrogens is 246 g/mol. The van der Waals surface area contributed by atoms with Gasteiger partial charge in [0.25, 0.3) is 0 Å². The molecular formula is C12H15N5O2. The highest BCUT2D eigenvalue weighted by molar-refractivity contribution is 5.91. The molecule has 2 rings (SSSR count). The van der Waals surface area contributed by atoms with Crippen molar-refractivity contribution < 1.29 is 9.53 Å². The summed E-state index contributed by atoms with van der Waals surface area (Å²) in [5.41, 5.74) is 6.88. The van der Waals surface area contributed by atoms with E-state index in [2.05, 4.69) is 15.6 Å². The first kappa shape index (κ1) is 12.9. The number of nitrogens with zero attached hydrogens (tertiary/aromatic N) is 3. The van der Waals surface area contributed by atoms with Gasteiger partial charge in [-0.3, -0.25) is 9.48 Å². The van der Waals surface area contributed by atoms with Crippen LogP contribution in [-0.4, -0.2) is 28.0 Å². The predicted molar refractivity (Wildman–Crippen MR) is 70.7 cm³/mol. The number of methoxy groups -OCH3 is 1. The number of aryl methyl sites for hydroxylation is 1. The Morgan fingerprint density at radius 1 is 1.53 bits per heavy atom. The number of benzene rings is 1. The van der Waals surface area contributed by atoms with Gasteiger partial charge in [-0.1, -0.05) is 5.21 Å². The van der Waals surface area contributed by atoms with E-state index in [9.17, 15) is 4.79 Å². The van der Waals surface area contributed by atoms with Crippen molar-refractivity contribution in [1.82, 2.24) is 15.0 Å². The van der Waals surface area contributed by atoms with Crippen LogP contribution in [0.3, 0.4) is 0 Å². The number of nitrogens with two attached hydrogens (primary N) is 1. The molecule has 0 spiro atoms. The number of hydrogen-bond donors (Lipinski definition) is 2. The zero-order chi connectivity index (χ0) is 13.7.